The Bertz CT molecular complexity index is 2910. The Hall–Kier alpha value is -10.2. The highest BCUT2D eigenvalue weighted by Crippen LogP contribution is 2.17. The van der Waals surface area contributed by atoms with Gasteiger partial charge in [-0.3, -0.25) is 81.5 Å². The van der Waals surface area contributed by atoms with E-state index >= 15 is 0 Å². The zero-order valence-corrected chi connectivity index (χ0v) is 49.4. The second-order valence-corrected chi connectivity index (χ2v) is 20.7. The number of nitrogens with two attached hydrogens (primary N) is 2. The molecule has 0 saturated carbocycles. The van der Waals surface area contributed by atoms with Crippen molar-refractivity contribution in [2.45, 2.75) is 159 Å². The summed E-state index contributed by atoms with van der Waals surface area (Å²) in [5.74, 6) is -26.2. The number of anilines is 1. The number of nitrogens with one attached hydrogen (secondary N) is 11. The molecule has 1 heterocycles. The number of hydrogen-bond donors (Lipinski definition) is 18. The van der Waals surface area contributed by atoms with Gasteiger partial charge in [-0.2, -0.15) is 0 Å². The number of aliphatic carboxylic acids is 4. The summed E-state index contributed by atoms with van der Waals surface area (Å²) in [6, 6.07) is -14.6. The summed E-state index contributed by atoms with van der Waals surface area (Å²) in [5.41, 5.74) is 11.4. The predicted octanol–water partition coefficient (Wildman–Crippen LogP) is -7.57. The maximum atomic E-state index is 14.5. The first kappa shape index (κ1) is 75.9. The second-order valence-electron chi connectivity index (χ2n) is 20.7. The molecule has 0 radical (unpaired) electrons. The SMILES string of the molecule is CCCCC1NC(=O)CNC(=O)C(NC(=O)C(CC(=O)O)NC(=O)[C@@H](N)CC(C)=O)C(C)OC(=O)C(CC(=O)c2ccccc2N)NC(=O)C(C(C)CC(=O)O)NC(=O)C(CO)NC(=O)CNC(=O)C(CC(=O)O)NC(=O)C(C)NC(=O)C(CC(=O)O)NC1=O. The number of aliphatic hydroxyl groups excluding tert-OH is 1. The maximum absolute atomic E-state index is 14.5. The first-order valence-corrected chi connectivity index (χ1v) is 27.7. The molecule has 90 heavy (non-hydrogen) atoms. The van der Waals surface area contributed by atoms with Gasteiger partial charge < -0.3 is 100 Å². The van der Waals surface area contributed by atoms with Gasteiger partial charge in [-0.15, -0.1) is 0 Å². The number of carboxylic acid groups (broad SMARTS) is 4. The largest absolute Gasteiger partial charge is 0.481 e. The van der Waals surface area contributed by atoms with E-state index in [0.29, 0.717) is 6.42 Å². The Morgan fingerprint density at radius 3 is 1.68 bits per heavy atom. The fourth-order valence-corrected chi connectivity index (χ4v) is 8.31. The number of carboxylic acids is 4. The summed E-state index contributed by atoms with van der Waals surface area (Å²) >= 11 is 0. The highest BCUT2D eigenvalue weighted by molar-refractivity contribution is 6.05. The van der Waals surface area contributed by atoms with Gasteiger partial charge in [-0.25, -0.2) is 4.79 Å². The van der Waals surface area contributed by atoms with Crippen LogP contribution in [0.15, 0.2) is 24.3 Å². The monoisotopic (exact) mass is 1280 g/mol. The zero-order chi connectivity index (χ0) is 68.3. The number of nitrogen functional groups attached to an aromatic ring is 1. The molecule has 496 valence electrons. The van der Waals surface area contributed by atoms with Crippen LogP contribution >= 0.6 is 0 Å². The van der Waals surface area contributed by atoms with Gasteiger partial charge in [-0.1, -0.05) is 38.8 Å². The van der Waals surface area contributed by atoms with Crippen molar-refractivity contribution in [2.24, 2.45) is 11.7 Å². The van der Waals surface area contributed by atoms with E-state index in [4.69, 9.17) is 16.2 Å². The minimum atomic E-state index is -2.29. The average molecular weight is 1280 g/mol. The Labute approximate surface area is 511 Å². The predicted molar refractivity (Wildman–Crippen MR) is 302 cm³/mol. The van der Waals surface area contributed by atoms with E-state index in [1.807, 2.05) is 21.3 Å². The number of ketones is 2. The molecule has 1 fully saturated rings. The van der Waals surface area contributed by atoms with Crippen molar-refractivity contribution in [3.05, 3.63) is 29.8 Å². The third-order valence-electron chi connectivity index (χ3n) is 13.1. The molecular formula is C53H75N13O24. The van der Waals surface area contributed by atoms with Crippen molar-refractivity contribution in [1.29, 1.82) is 0 Å². The number of esters is 1. The smallest absolute Gasteiger partial charge is 0.329 e. The van der Waals surface area contributed by atoms with Gasteiger partial charge in [0.15, 0.2) is 5.78 Å². The molecule has 11 amide bonds. The molecule has 37 heteroatoms. The highest BCUT2D eigenvalue weighted by atomic mass is 16.5. The normalized spacial score (nSPS) is 23.5. The Balaban J connectivity index is 2.93. The standard InChI is InChI=1S/C53H75N13O24/c1-6-7-12-29-47(83)63-31(17-40(76)77)48(84)58-24(4)44(80)61-30(16-39(74)75)46(82)56-19-37(71)60-34(21-67)50(86)65-42(22(2)13-38(72)73)52(88)64-33(15-35(69)26-10-8-9-11-27(26)54)53(89)90-25(5)43(51(87)57-20-36(70)59-29)66-49(85)32(18-41(78)79)62-45(81)28(55)14-23(3)68/h8-11,22,24-25,28-34,42-43,67H,6-7,12-21,54-55H2,1-5H3,(H,56,82)(H,57,87)(H,58,84)(H,59,70)(H,60,71)(H,61,80)(H,62,81)(H,63,83)(H,64,88)(H,65,86)(H,66,85)(H,72,73)(H,74,75)(H,76,77)(H,78,79)/t22?,24?,25?,28-,29?,30?,31?,32?,33?,34?,42?,43?/m0/s1. The lowest BCUT2D eigenvalue weighted by Crippen LogP contribution is -2.61. The number of aliphatic hydroxyl groups is 1. The third-order valence-corrected chi connectivity index (χ3v) is 13.1. The first-order chi connectivity index (χ1) is 42.1. The number of unbranched alkanes of at least 4 members (excludes halogenated alkanes) is 1. The molecule has 1 aliphatic heterocycles. The topological polar surface area (TPSA) is 602 Å². The fourth-order valence-electron chi connectivity index (χ4n) is 8.31. The Morgan fingerprint density at radius 2 is 1.13 bits per heavy atom. The molecule has 1 aromatic carbocycles. The van der Waals surface area contributed by atoms with Crippen LogP contribution < -0.4 is 70.0 Å². The quantitative estimate of drug-likeness (QED) is 0.0291. The minimum absolute atomic E-state index is 0.155. The molecule has 0 bridgehead atoms. The van der Waals surface area contributed by atoms with Gasteiger partial charge in [-0.05, 0) is 45.2 Å². The van der Waals surface area contributed by atoms with Crippen LogP contribution in [0.4, 0.5) is 5.69 Å². The Morgan fingerprint density at radius 1 is 0.611 bits per heavy atom. The number of cyclic esters (lactones) is 1. The van der Waals surface area contributed by atoms with Crippen molar-refractivity contribution in [1.82, 2.24) is 58.5 Å². The number of hydrogen-bond acceptors (Lipinski definition) is 22. The lowest BCUT2D eigenvalue weighted by atomic mass is 9.96. The van der Waals surface area contributed by atoms with Gasteiger partial charge in [0.05, 0.1) is 51.4 Å². The second kappa shape index (κ2) is 36.8. The van der Waals surface area contributed by atoms with Crippen LogP contribution in [0, 0.1) is 5.92 Å². The van der Waals surface area contributed by atoms with Crippen LogP contribution in [0.1, 0.15) is 103 Å². The van der Waals surface area contributed by atoms with Crippen LogP contribution in [0.5, 0.6) is 0 Å². The van der Waals surface area contributed by atoms with Crippen LogP contribution in [0.2, 0.25) is 0 Å². The van der Waals surface area contributed by atoms with Crippen LogP contribution in [0.3, 0.4) is 0 Å². The summed E-state index contributed by atoms with van der Waals surface area (Å²) in [6.45, 7) is 2.22. The molecule has 37 nitrogen and oxygen atoms in total. The van der Waals surface area contributed by atoms with E-state index in [1.54, 1.807) is 6.92 Å². The zero-order valence-electron chi connectivity index (χ0n) is 49.4. The van der Waals surface area contributed by atoms with Crippen LogP contribution in [-0.2, 0) is 86.2 Å². The van der Waals surface area contributed by atoms with Gasteiger partial charge in [0.25, 0.3) is 0 Å². The molecule has 12 atom stereocenters. The lowest BCUT2D eigenvalue weighted by molar-refractivity contribution is -0.156. The minimum Gasteiger partial charge on any atom is -0.481 e. The molecule has 0 aliphatic carbocycles. The number of ether oxygens (including phenoxy) is 1. The number of benzene rings is 1. The summed E-state index contributed by atoms with van der Waals surface area (Å²) in [6.07, 6.45) is -7.91. The van der Waals surface area contributed by atoms with E-state index in [9.17, 15) is 112 Å². The van der Waals surface area contributed by atoms with E-state index in [0.717, 1.165) is 27.7 Å². The molecule has 1 saturated heterocycles. The molecule has 1 aliphatic rings. The van der Waals surface area contributed by atoms with E-state index in [1.165, 1.54) is 24.3 Å². The number of carbonyl (C=O) groups excluding carboxylic acids is 14. The third kappa shape index (κ3) is 26.0. The lowest BCUT2D eigenvalue weighted by Gasteiger charge is -2.30. The van der Waals surface area contributed by atoms with E-state index < -0.39 is 237 Å². The number of amides is 11. The number of rotatable bonds is 22. The summed E-state index contributed by atoms with van der Waals surface area (Å²) in [7, 11) is 0. The number of para-hydroxylation sites is 1. The fraction of sp³-hybridized carbons (Fsp3) is 0.547. The molecular weight excluding hydrogens is 1200 g/mol. The van der Waals surface area contributed by atoms with E-state index in [-0.39, 0.29) is 24.1 Å². The van der Waals surface area contributed by atoms with Crippen molar-refractivity contribution in [2.75, 3.05) is 25.4 Å². The van der Waals surface area contributed by atoms with Crippen LogP contribution in [-0.4, -0.2) is 218 Å². The number of carbonyl (C=O) groups is 18. The van der Waals surface area contributed by atoms with Crippen molar-refractivity contribution in [3.63, 3.8) is 0 Å². The molecule has 11 unspecified atom stereocenters. The maximum Gasteiger partial charge on any atom is 0.329 e. The average Bonchev–Trinajstić information content (AvgIpc) is 1.15. The summed E-state index contributed by atoms with van der Waals surface area (Å²) < 4.78 is 5.57. The number of Topliss-reactive ketones (excluding diaryl/α,β-unsaturated/α-hetero) is 2. The Kier molecular flexibility index (Phi) is 31.1. The van der Waals surface area contributed by atoms with Gasteiger partial charge in [0.1, 0.15) is 66.3 Å². The van der Waals surface area contributed by atoms with Crippen molar-refractivity contribution in [3.8, 4) is 0 Å². The molecule has 20 N–H and O–H groups in total. The van der Waals surface area contributed by atoms with Crippen LogP contribution in [0.25, 0.3) is 0 Å². The van der Waals surface area contributed by atoms with Crippen molar-refractivity contribution >= 4 is 112 Å². The molecule has 2 rings (SSSR count). The van der Waals surface area contributed by atoms with Gasteiger partial charge in [0, 0.05) is 24.1 Å². The van der Waals surface area contributed by atoms with Gasteiger partial charge in [0.2, 0.25) is 65.0 Å². The first-order valence-electron chi connectivity index (χ1n) is 27.7. The van der Waals surface area contributed by atoms with E-state index in [2.05, 4.69) is 37.2 Å². The van der Waals surface area contributed by atoms with Crippen molar-refractivity contribution < 1.29 is 117 Å². The van der Waals surface area contributed by atoms with Gasteiger partial charge >= 0.3 is 29.8 Å². The highest BCUT2D eigenvalue weighted by Gasteiger charge is 2.40. The molecule has 0 spiro atoms. The summed E-state index contributed by atoms with van der Waals surface area (Å²) in [4.78, 5) is 238. The molecule has 1 aromatic rings. The molecule has 0 aromatic heterocycles. The summed E-state index contributed by atoms with van der Waals surface area (Å²) in [5, 5.41) is 72.0.